The van der Waals surface area contributed by atoms with Crippen LogP contribution < -0.4 is 4.74 Å². The molecule has 1 aliphatic heterocycles. The van der Waals surface area contributed by atoms with Crippen molar-refractivity contribution >= 4 is 0 Å². The summed E-state index contributed by atoms with van der Waals surface area (Å²) in [7, 11) is 0. The van der Waals surface area contributed by atoms with Gasteiger partial charge in [-0.15, -0.1) is 0 Å². The Kier molecular flexibility index (Phi) is 3.10. The van der Waals surface area contributed by atoms with Gasteiger partial charge in [0.2, 0.25) is 0 Å². The van der Waals surface area contributed by atoms with Crippen molar-refractivity contribution < 1.29 is 29.6 Å². The van der Waals surface area contributed by atoms with E-state index in [1.54, 1.807) is 0 Å². The first-order valence-corrected chi connectivity index (χ1v) is 6.33. The van der Waals surface area contributed by atoms with Crippen LogP contribution in [-0.2, 0) is 6.42 Å². The zero-order chi connectivity index (χ0) is 15.1. The Balaban J connectivity index is 2.00. The fourth-order valence-corrected chi connectivity index (χ4v) is 2.45. The number of phenolic OH excluding ortho intramolecular Hbond substituents is 3. The monoisotopic (exact) mass is 292 g/mol. The van der Waals surface area contributed by atoms with Gasteiger partial charge in [0.25, 0.3) is 0 Å². The lowest BCUT2D eigenvalue weighted by molar-refractivity contribution is 0.0196. The molecule has 110 valence electrons. The molecule has 0 fully saturated rings. The summed E-state index contributed by atoms with van der Waals surface area (Å²) in [5.74, 6) is -1.38. The molecule has 0 saturated heterocycles. The maximum atomic E-state index is 13.3. The van der Waals surface area contributed by atoms with Gasteiger partial charge >= 0.3 is 0 Å². The summed E-state index contributed by atoms with van der Waals surface area (Å²) in [5.41, 5.74) is 0.773. The molecule has 0 spiro atoms. The van der Waals surface area contributed by atoms with Crippen molar-refractivity contribution in [1.29, 1.82) is 0 Å². The zero-order valence-corrected chi connectivity index (χ0v) is 10.8. The fraction of sp³-hybridized carbons (Fsp3) is 0.200. The average Bonchev–Trinajstić information content (AvgIpc) is 2.42. The van der Waals surface area contributed by atoms with Gasteiger partial charge in [-0.05, 0) is 17.7 Å². The summed E-state index contributed by atoms with van der Waals surface area (Å²) >= 11 is 0. The molecular formula is C15H13FO5. The summed E-state index contributed by atoms with van der Waals surface area (Å²) in [5, 5.41) is 38.7. The second kappa shape index (κ2) is 4.82. The van der Waals surface area contributed by atoms with Gasteiger partial charge in [0.1, 0.15) is 23.4 Å². The van der Waals surface area contributed by atoms with Crippen LogP contribution in [0.3, 0.4) is 0 Å². The minimum atomic E-state index is -0.974. The van der Waals surface area contributed by atoms with Crippen LogP contribution in [0.15, 0.2) is 30.3 Å². The lowest BCUT2D eigenvalue weighted by Gasteiger charge is -2.31. The molecular weight excluding hydrogens is 279 g/mol. The summed E-state index contributed by atoms with van der Waals surface area (Å²) in [6, 6.07) is 6.13. The molecule has 6 heteroatoms. The molecule has 0 aromatic heterocycles. The number of phenols is 3. The molecule has 1 heterocycles. The normalized spacial score (nSPS) is 20.7. The minimum Gasteiger partial charge on any atom is -0.507 e. The molecule has 0 amide bonds. The van der Waals surface area contributed by atoms with Crippen LogP contribution in [0, 0.1) is 5.82 Å². The highest BCUT2D eigenvalue weighted by atomic mass is 19.1. The van der Waals surface area contributed by atoms with Crippen molar-refractivity contribution in [3.63, 3.8) is 0 Å². The van der Waals surface area contributed by atoms with E-state index in [1.165, 1.54) is 18.2 Å². The van der Waals surface area contributed by atoms with Crippen LogP contribution >= 0.6 is 0 Å². The number of benzene rings is 2. The largest absolute Gasteiger partial charge is 0.507 e. The van der Waals surface area contributed by atoms with E-state index in [9.17, 15) is 24.8 Å². The maximum absolute atomic E-state index is 13.3. The first kappa shape index (κ1) is 13.5. The standard InChI is InChI=1S/C15H13FO5/c16-8-4-11(18)9-6-13(20)15(21-14(9)5-8)7-1-2-10(17)12(19)3-7/h1-5,13,15,17-20H,6H2/t13-,15-/m1/s1. The summed E-state index contributed by atoms with van der Waals surface area (Å²) in [4.78, 5) is 0. The predicted octanol–water partition coefficient (Wildman–Crippen LogP) is 1.98. The highest BCUT2D eigenvalue weighted by Gasteiger charge is 2.32. The number of aliphatic hydroxyl groups excluding tert-OH is 1. The van der Waals surface area contributed by atoms with Gasteiger partial charge in [-0.3, -0.25) is 0 Å². The smallest absolute Gasteiger partial charge is 0.157 e. The summed E-state index contributed by atoms with van der Waals surface area (Å²) in [6.45, 7) is 0. The van der Waals surface area contributed by atoms with Crippen LogP contribution in [0.4, 0.5) is 4.39 Å². The van der Waals surface area contributed by atoms with Crippen LogP contribution in [0.1, 0.15) is 17.2 Å². The van der Waals surface area contributed by atoms with E-state index in [2.05, 4.69) is 0 Å². The van der Waals surface area contributed by atoms with E-state index >= 15 is 0 Å². The topological polar surface area (TPSA) is 90.2 Å². The Bertz CT molecular complexity index is 701. The third kappa shape index (κ3) is 2.34. The number of fused-ring (bicyclic) bond motifs is 1. The van der Waals surface area contributed by atoms with Gasteiger partial charge in [-0.1, -0.05) is 6.07 Å². The Morgan fingerprint density at radius 2 is 1.76 bits per heavy atom. The van der Waals surface area contributed by atoms with E-state index in [4.69, 9.17) is 4.74 Å². The maximum Gasteiger partial charge on any atom is 0.157 e. The molecule has 0 bridgehead atoms. The predicted molar refractivity (Wildman–Crippen MR) is 70.9 cm³/mol. The molecule has 21 heavy (non-hydrogen) atoms. The van der Waals surface area contributed by atoms with Crippen molar-refractivity contribution in [2.45, 2.75) is 18.6 Å². The molecule has 0 radical (unpaired) electrons. The van der Waals surface area contributed by atoms with Crippen LogP contribution in [0.2, 0.25) is 0 Å². The minimum absolute atomic E-state index is 0.0910. The average molecular weight is 292 g/mol. The molecule has 1 aliphatic rings. The molecule has 2 aromatic rings. The Labute approximate surface area is 119 Å². The third-order valence-corrected chi connectivity index (χ3v) is 3.49. The van der Waals surface area contributed by atoms with E-state index in [0.717, 1.165) is 12.1 Å². The van der Waals surface area contributed by atoms with Gasteiger partial charge in [0.05, 0.1) is 6.10 Å². The van der Waals surface area contributed by atoms with E-state index in [-0.39, 0.29) is 29.4 Å². The van der Waals surface area contributed by atoms with Crippen LogP contribution in [0.25, 0.3) is 0 Å². The second-order valence-electron chi connectivity index (χ2n) is 4.96. The van der Waals surface area contributed by atoms with Crippen LogP contribution in [-0.4, -0.2) is 26.5 Å². The Hall–Kier alpha value is -2.47. The highest BCUT2D eigenvalue weighted by molar-refractivity contribution is 5.48. The van der Waals surface area contributed by atoms with Crippen molar-refractivity contribution in [1.82, 2.24) is 0 Å². The van der Waals surface area contributed by atoms with Crippen molar-refractivity contribution in [2.24, 2.45) is 0 Å². The van der Waals surface area contributed by atoms with E-state index in [0.29, 0.717) is 11.1 Å². The van der Waals surface area contributed by atoms with Crippen molar-refractivity contribution in [2.75, 3.05) is 0 Å². The van der Waals surface area contributed by atoms with Crippen molar-refractivity contribution in [3.8, 4) is 23.0 Å². The van der Waals surface area contributed by atoms with Gasteiger partial charge in [-0.2, -0.15) is 0 Å². The number of halogens is 1. The number of hydrogen-bond donors (Lipinski definition) is 4. The molecule has 4 N–H and O–H groups in total. The number of rotatable bonds is 1. The quantitative estimate of drug-likeness (QED) is 0.603. The molecule has 0 aliphatic carbocycles. The number of ether oxygens (including phenoxy) is 1. The second-order valence-corrected chi connectivity index (χ2v) is 4.96. The highest BCUT2D eigenvalue weighted by Crippen LogP contribution is 2.41. The van der Waals surface area contributed by atoms with Crippen molar-refractivity contribution in [3.05, 3.63) is 47.3 Å². The van der Waals surface area contributed by atoms with Crippen LogP contribution in [0.5, 0.6) is 23.0 Å². The van der Waals surface area contributed by atoms with E-state index in [1.807, 2.05) is 0 Å². The molecule has 2 aromatic carbocycles. The molecule has 5 nitrogen and oxygen atoms in total. The van der Waals surface area contributed by atoms with Gasteiger partial charge in [0, 0.05) is 24.1 Å². The van der Waals surface area contributed by atoms with Gasteiger partial charge < -0.3 is 25.2 Å². The van der Waals surface area contributed by atoms with Gasteiger partial charge in [0.15, 0.2) is 11.5 Å². The summed E-state index contributed by atoms with van der Waals surface area (Å²) < 4.78 is 18.9. The first-order chi connectivity index (χ1) is 9.95. The van der Waals surface area contributed by atoms with Gasteiger partial charge in [-0.25, -0.2) is 4.39 Å². The third-order valence-electron chi connectivity index (χ3n) is 3.49. The number of aromatic hydroxyl groups is 3. The molecule has 0 saturated carbocycles. The molecule has 0 unspecified atom stereocenters. The zero-order valence-electron chi connectivity index (χ0n) is 10.8. The Morgan fingerprint density at radius 3 is 2.48 bits per heavy atom. The fourth-order valence-electron chi connectivity index (χ4n) is 2.45. The first-order valence-electron chi connectivity index (χ1n) is 6.33. The molecule has 2 atom stereocenters. The lowest BCUT2D eigenvalue weighted by atomic mass is 9.94. The molecule has 3 rings (SSSR count). The number of hydrogen-bond acceptors (Lipinski definition) is 5. The summed E-state index contributed by atoms with van der Waals surface area (Å²) in [6.07, 6.45) is -1.71. The lowest BCUT2D eigenvalue weighted by Crippen LogP contribution is -2.30. The Morgan fingerprint density at radius 1 is 1.00 bits per heavy atom. The SMILES string of the molecule is Oc1ccc([C@H]2Oc3cc(F)cc(O)c3C[C@H]2O)cc1O. The van der Waals surface area contributed by atoms with E-state index < -0.39 is 18.0 Å². The number of aliphatic hydroxyl groups is 1.